The van der Waals surface area contributed by atoms with Crippen molar-refractivity contribution in [2.45, 2.75) is 40.3 Å². The van der Waals surface area contributed by atoms with Gasteiger partial charge in [-0.1, -0.05) is 104 Å². The third kappa shape index (κ3) is 7.85. The standard InChI is InChI=1S/C27H18O2S.C23H20ClNO4.C5H13N/c1-2-29-27-20-14-15-22-25-18(17-10-6-7-11-21(17)30-22)12-13-19(24(20)25)26(28)23(27)16-8-4-3-5-9-16;1-2-28-11-5-10-25-22(26)15-9-8-14-13-6-3-4-7-18(13)29-21-17(24)12-16(23(25)27)19(15)20(14)21;1-4-6(3)5-2/h3-15H,2H2,1H3;3-4,6-9,12,23,27H,2,5,10-11H2,1H3;4-5H2,1-3H3. The average molecular weight is 904 g/mol. The Kier molecular flexibility index (Phi) is 12.8. The lowest BCUT2D eigenvalue weighted by Gasteiger charge is -2.35. The predicted molar refractivity (Wildman–Crippen MR) is 269 cm³/mol. The molecule has 0 aliphatic carbocycles. The number of carbonyl (C=O) groups excluding carboxylic acids is 1. The van der Waals surface area contributed by atoms with Crippen molar-refractivity contribution in [3.05, 3.63) is 148 Å². The number of nitrogens with zero attached hydrogens (tertiary/aromatic N) is 2. The summed E-state index contributed by atoms with van der Waals surface area (Å²) in [5, 5.41) is 19.3. The van der Waals surface area contributed by atoms with E-state index in [4.69, 9.17) is 25.8 Å². The first-order valence-corrected chi connectivity index (χ1v) is 23.6. The molecule has 0 saturated heterocycles. The van der Waals surface area contributed by atoms with E-state index in [0.29, 0.717) is 66.0 Å². The van der Waals surface area contributed by atoms with E-state index in [9.17, 15) is 14.7 Å². The van der Waals surface area contributed by atoms with E-state index < -0.39 is 6.23 Å². The van der Waals surface area contributed by atoms with Crippen molar-refractivity contribution in [3.63, 3.8) is 0 Å². The number of para-hydroxylation sites is 1. The first-order valence-electron chi connectivity index (χ1n) is 22.4. The molecule has 1 atom stereocenters. The second-order valence-corrected chi connectivity index (χ2v) is 17.6. The zero-order valence-electron chi connectivity index (χ0n) is 37.2. The number of hydrogen-bond donors (Lipinski definition) is 1. The van der Waals surface area contributed by atoms with Crippen LogP contribution in [0.25, 0.3) is 74.7 Å². The zero-order chi connectivity index (χ0) is 45.4. The summed E-state index contributed by atoms with van der Waals surface area (Å²) in [6.45, 7) is 12.6. The summed E-state index contributed by atoms with van der Waals surface area (Å²) in [6, 6.07) is 39.9. The van der Waals surface area contributed by atoms with Crippen LogP contribution in [0.1, 0.15) is 56.3 Å². The number of ether oxygens (including phenoxy) is 3. The summed E-state index contributed by atoms with van der Waals surface area (Å²) in [4.78, 5) is 30.6. The maximum Gasteiger partial charge on any atom is 0.256 e. The van der Waals surface area contributed by atoms with Crippen molar-refractivity contribution in [1.29, 1.82) is 0 Å². The summed E-state index contributed by atoms with van der Waals surface area (Å²) in [5.41, 5.74) is 4.66. The summed E-state index contributed by atoms with van der Waals surface area (Å²) in [5.74, 6) is 1.75. The van der Waals surface area contributed by atoms with Crippen molar-refractivity contribution in [2.24, 2.45) is 0 Å². The molecule has 1 N–H and O–H groups in total. The molecule has 0 saturated carbocycles. The van der Waals surface area contributed by atoms with Gasteiger partial charge in [-0.3, -0.25) is 9.59 Å². The summed E-state index contributed by atoms with van der Waals surface area (Å²) in [6.07, 6.45) is -0.411. The van der Waals surface area contributed by atoms with Gasteiger partial charge in [0.2, 0.25) is 0 Å². The highest BCUT2D eigenvalue weighted by atomic mass is 35.5. The Hall–Kier alpha value is -6.07. The smallest absolute Gasteiger partial charge is 0.256 e. The minimum absolute atomic E-state index is 0.0321. The monoisotopic (exact) mass is 902 g/mol. The fourth-order valence-electron chi connectivity index (χ4n) is 9.07. The quantitative estimate of drug-likeness (QED) is 0.0831. The lowest BCUT2D eigenvalue weighted by Crippen LogP contribution is -2.39. The van der Waals surface area contributed by atoms with Gasteiger partial charge in [-0.15, -0.1) is 11.3 Å². The van der Waals surface area contributed by atoms with Crippen LogP contribution >= 0.6 is 22.9 Å². The highest BCUT2D eigenvalue weighted by Gasteiger charge is 2.36. The molecule has 0 radical (unpaired) electrons. The molecule has 11 rings (SSSR count). The first-order chi connectivity index (χ1) is 31.7. The molecule has 2 aliphatic heterocycles. The Morgan fingerprint density at radius 1 is 0.708 bits per heavy atom. The Balaban J connectivity index is 0.000000146. The summed E-state index contributed by atoms with van der Waals surface area (Å²) >= 11 is 8.34. The van der Waals surface area contributed by atoms with Gasteiger partial charge >= 0.3 is 0 Å². The lowest BCUT2D eigenvalue weighted by atomic mass is 9.86. The van der Waals surface area contributed by atoms with E-state index in [0.717, 1.165) is 67.8 Å². The van der Waals surface area contributed by atoms with Crippen LogP contribution < -0.4 is 14.9 Å². The van der Waals surface area contributed by atoms with Gasteiger partial charge in [0.25, 0.3) is 5.91 Å². The molecular formula is C55H51ClN2O6S. The molecule has 0 bridgehead atoms. The maximum atomic E-state index is 13.7. The number of rotatable bonds is 10. The van der Waals surface area contributed by atoms with Crippen molar-refractivity contribution in [2.75, 3.05) is 46.5 Å². The maximum absolute atomic E-state index is 13.7. The van der Waals surface area contributed by atoms with Gasteiger partial charge in [-0.25, -0.2) is 0 Å². The average Bonchev–Trinajstić information content (AvgIpc) is 3.34. The van der Waals surface area contributed by atoms with E-state index in [1.54, 1.807) is 17.4 Å². The highest BCUT2D eigenvalue weighted by Crippen LogP contribution is 2.53. The number of hydrogen-bond acceptors (Lipinski definition) is 8. The lowest BCUT2D eigenvalue weighted by molar-refractivity contribution is 0.00102. The van der Waals surface area contributed by atoms with Gasteiger partial charge in [0.15, 0.2) is 17.4 Å². The number of aliphatic hydroxyl groups excluding tert-OH is 1. The molecule has 65 heavy (non-hydrogen) atoms. The second-order valence-electron chi connectivity index (χ2n) is 16.1. The van der Waals surface area contributed by atoms with E-state index in [-0.39, 0.29) is 11.3 Å². The van der Waals surface area contributed by atoms with Crippen LogP contribution in [0.2, 0.25) is 5.02 Å². The van der Waals surface area contributed by atoms with Gasteiger partial charge in [0.05, 0.1) is 17.2 Å². The normalized spacial score (nSPS) is 13.8. The molecule has 2 aliphatic rings. The van der Waals surface area contributed by atoms with Crippen LogP contribution in [0.15, 0.2) is 126 Å². The van der Waals surface area contributed by atoms with E-state index in [1.165, 1.54) is 25.1 Å². The van der Waals surface area contributed by atoms with Crippen molar-refractivity contribution < 1.29 is 24.1 Å². The summed E-state index contributed by atoms with van der Waals surface area (Å²) in [7, 11) is 2.11. The fourth-order valence-corrected chi connectivity index (χ4v) is 10.4. The van der Waals surface area contributed by atoms with Crippen molar-refractivity contribution in [3.8, 4) is 39.5 Å². The topological polar surface area (TPSA) is 88.5 Å². The van der Waals surface area contributed by atoms with E-state index in [1.807, 2.05) is 86.6 Å². The van der Waals surface area contributed by atoms with Gasteiger partial charge in [-0.05, 0) is 105 Å². The van der Waals surface area contributed by atoms with E-state index in [2.05, 4.69) is 68.3 Å². The molecule has 0 fully saturated rings. The molecule has 330 valence electrons. The van der Waals surface area contributed by atoms with Crippen LogP contribution in [0, 0.1) is 0 Å². The molecule has 10 heteroatoms. The molecule has 1 amide bonds. The molecule has 1 unspecified atom stereocenters. The minimum Gasteiger partial charge on any atom is -0.492 e. The Morgan fingerprint density at radius 3 is 2.17 bits per heavy atom. The third-order valence-electron chi connectivity index (χ3n) is 12.5. The largest absolute Gasteiger partial charge is 0.492 e. The Labute approximate surface area is 387 Å². The number of aliphatic hydroxyl groups is 1. The molecule has 8 nitrogen and oxygen atoms in total. The van der Waals surface area contributed by atoms with Crippen LogP contribution in [-0.2, 0) is 4.74 Å². The number of carbonyl (C=O) groups is 1. The number of fused-ring (bicyclic) bond motifs is 4. The Morgan fingerprint density at radius 2 is 1.42 bits per heavy atom. The third-order valence-corrected chi connectivity index (χ3v) is 13.9. The number of amides is 1. The van der Waals surface area contributed by atoms with Crippen LogP contribution in [0.3, 0.4) is 0 Å². The predicted octanol–water partition coefficient (Wildman–Crippen LogP) is 13.3. The van der Waals surface area contributed by atoms with Crippen molar-refractivity contribution in [1.82, 2.24) is 9.80 Å². The fraction of sp³-hybridized carbons (Fsp3) is 0.236. The number of halogens is 1. The van der Waals surface area contributed by atoms with Gasteiger partial charge < -0.3 is 29.1 Å². The summed E-state index contributed by atoms with van der Waals surface area (Å²) < 4.78 is 20.0. The minimum atomic E-state index is -1.06. The highest BCUT2D eigenvalue weighted by molar-refractivity contribution is 7.25. The molecular weight excluding hydrogens is 852 g/mol. The van der Waals surface area contributed by atoms with Gasteiger partial charge in [-0.2, -0.15) is 0 Å². The molecule has 3 heterocycles. The van der Waals surface area contributed by atoms with Crippen molar-refractivity contribution >= 4 is 81.3 Å². The van der Waals surface area contributed by atoms with E-state index >= 15 is 0 Å². The molecule has 0 spiro atoms. The SMILES string of the molecule is CCN(C)CC.CCOCCCN1C(=O)c2ccc3c4c(c(Cl)cc(c24)C1O)Oc1ccccc1-3.CCOc1c(-c2ccccc2)c(=O)c2ccc3c4ccccc4sc4ccc1c2c43. The Bertz CT molecular complexity index is 3280. The van der Waals surface area contributed by atoms with Crippen LogP contribution in [-0.4, -0.2) is 67.3 Å². The first kappa shape index (κ1) is 44.1. The zero-order valence-corrected chi connectivity index (χ0v) is 38.8. The van der Waals surface area contributed by atoms with Crippen LogP contribution in [0.5, 0.6) is 17.2 Å². The van der Waals surface area contributed by atoms with Gasteiger partial charge in [0.1, 0.15) is 11.5 Å². The molecule has 9 aromatic rings. The molecule has 1 aromatic heterocycles. The number of benzene rings is 8. The van der Waals surface area contributed by atoms with Gasteiger partial charge in [0, 0.05) is 78.2 Å². The molecule has 8 aromatic carbocycles. The van der Waals surface area contributed by atoms with Crippen LogP contribution in [0.4, 0.5) is 0 Å². The second kappa shape index (κ2) is 18.8.